The number of hydrogen-bond acceptors (Lipinski definition) is 5. The Labute approximate surface area is 180 Å². The molecule has 2 aromatic rings. The van der Waals surface area contributed by atoms with Crippen molar-refractivity contribution in [3.8, 4) is 11.5 Å². The van der Waals surface area contributed by atoms with Crippen LogP contribution >= 0.6 is 12.2 Å². The number of nitrogens with zero attached hydrogens (tertiary/aromatic N) is 1. The van der Waals surface area contributed by atoms with Crippen molar-refractivity contribution in [2.75, 3.05) is 32.1 Å². The first-order valence-corrected chi connectivity index (χ1v) is 10.1. The zero-order valence-electron chi connectivity index (χ0n) is 17.2. The molecule has 1 N–H and O–H groups in total. The zero-order chi connectivity index (χ0) is 21.7. The van der Waals surface area contributed by atoms with Gasteiger partial charge in [0, 0.05) is 24.3 Å². The number of hydrogen-bond donors (Lipinski definition) is 1. The van der Waals surface area contributed by atoms with Crippen molar-refractivity contribution in [2.45, 2.75) is 26.1 Å². The van der Waals surface area contributed by atoms with E-state index >= 15 is 0 Å². The van der Waals surface area contributed by atoms with Gasteiger partial charge in [0.25, 0.3) is 5.91 Å². The first kappa shape index (κ1) is 22.0. The Morgan fingerprint density at radius 1 is 1.17 bits per heavy atom. The number of amides is 1. The van der Waals surface area contributed by atoms with E-state index in [4.69, 9.17) is 26.4 Å². The van der Waals surface area contributed by atoms with Gasteiger partial charge in [0.15, 0.2) is 18.1 Å². The molecular weight excluding hydrogens is 407 g/mol. The highest BCUT2D eigenvalue weighted by molar-refractivity contribution is 7.80. The van der Waals surface area contributed by atoms with Crippen LogP contribution in [-0.2, 0) is 9.53 Å². The molecule has 6 nitrogen and oxygen atoms in total. The maximum Gasteiger partial charge on any atom is 0.262 e. The average molecular weight is 433 g/mol. The second-order valence-electron chi connectivity index (χ2n) is 7.18. The topological polar surface area (TPSA) is 60.0 Å². The smallest absolute Gasteiger partial charge is 0.262 e. The van der Waals surface area contributed by atoms with E-state index in [2.05, 4.69) is 10.2 Å². The van der Waals surface area contributed by atoms with Crippen molar-refractivity contribution in [3.05, 3.63) is 53.8 Å². The maximum absolute atomic E-state index is 13.0. The molecule has 0 bridgehead atoms. The molecule has 1 heterocycles. The minimum absolute atomic E-state index is 0.107. The number of nitrogens with one attached hydrogen (secondary N) is 1. The SMILES string of the molecule is COc1cc(C(=S)N2C[C@H](C)O[C@@H](C)C2)ccc1OCC(=O)Nc1ccc(F)cc1. The van der Waals surface area contributed by atoms with Crippen molar-refractivity contribution in [1.82, 2.24) is 4.90 Å². The number of rotatable bonds is 6. The summed E-state index contributed by atoms with van der Waals surface area (Å²) >= 11 is 5.67. The Morgan fingerprint density at radius 2 is 1.83 bits per heavy atom. The third-order valence-electron chi connectivity index (χ3n) is 4.60. The normalized spacial score (nSPS) is 18.6. The largest absolute Gasteiger partial charge is 0.493 e. The van der Waals surface area contributed by atoms with E-state index in [-0.39, 0.29) is 30.5 Å². The lowest BCUT2D eigenvalue weighted by Crippen LogP contribution is -2.47. The van der Waals surface area contributed by atoms with Crippen LogP contribution in [0.3, 0.4) is 0 Å². The van der Waals surface area contributed by atoms with Crippen LogP contribution in [0.25, 0.3) is 0 Å². The van der Waals surface area contributed by atoms with Gasteiger partial charge in [-0.1, -0.05) is 12.2 Å². The van der Waals surface area contributed by atoms with Gasteiger partial charge in [0.1, 0.15) is 10.8 Å². The van der Waals surface area contributed by atoms with Crippen molar-refractivity contribution in [3.63, 3.8) is 0 Å². The van der Waals surface area contributed by atoms with Crippen molar-refractivity contribution >= 4 is 28.8 Å². The van der Waals surface area contributed by atoms with Crippen LogP contribution in [0.4, 0.5) is 10.1 Å². The van der Waals surface area contributed by atoms with E-state index in [1.807, 2.05) is 19.9 Å². The van der Waals surface area contributed by atoms with Gasteiger partial charge in [-0.05, 0) is 56.3 Å². The fourth-order valence-corrected chi connectivity index (χ4v) is 3.60. The monoisotopic (exact) mass is 432 g/mol. The molecule has 1 fully saturated rings. The third-order valence-corrected chi connectivity index (χ3v) is 5.10. The van der Waals surface area contributed by atoms with Crippen LogP contribution in [-0.4, -0.2) is 54.8 Å². The fourth-order valence-electron chi connectivity index (χ4n) is 3.32. The minimum atomic E-state index is -0.368. The van der Waals surface area contributed by atoms with E-state index in [0.29, 0.717) is 17.2 Å². The molecular formula is C22H25FN2O4S. The lowest BCUT2D eigenvalue weighted by Gasteiger charge is -2.37. The number of carbonyl (C=O) groups excluding carboxylic acids is 1. The van der Waals surface area contributed by atoms with Gasteiger partial charge in [-0.2, -0.15) is 0 Å². The molecule has 1 amide bonds. The summed E-state index contributed by atoms with van der Waals surface area (Å²) in [6.45, 7) is 5.30. The Kier molecular flexibility index (Phi) is 7.23. The highest BCUT2D eigenvalue weighted by Gasteiger charge is 2.25. The standard InChI is InChI=1S/C22H25FN2O4S/c1-14-11-25(12-15(2)29-14)22(30)16-4-9-19(20(10-16)27-3)28-13-21(26)24-18-7-5-17(23)6-8-18/h4-10,14-15H,11-13H2,1-3H3,(H,24,26)/t14-,15-/m0/s1. The number of anilines is 1. The van der Waals surface area contributed by atoms with Gasteiger partial charge < -0.3 is 24.4 Å². The fraction of sp³-hybridized carbons (Fsp3) is 0.364. The molecule has 3 rings (SSSR count). The van der Waals surface area contributed by atoms with E-state index in [1.54, 1.807) is 12.1 Å². The summed E-state index contributed by atoms with van der Waals surface area (Å²) < 4.78 is 29.8. The van der Waals surface area contributed by atoms with Crippen molar-refractivity contribution in [2.24, 2.45) is 0 Å². The summed E-state index contributed by atoms with van der Waals surface area (Å²) in [5.41, 5.74) is 1.33. The second-order valence-corrected chi connectivity index (χ2v) is 7.56. The summed E-state index contributed by atoms with van der Waals surface area (Å²) in [6, 6.07) is 10.9. The predicted molar refractivity (Wildman–Crippen MR) is 117 cm³/mol. The molecule has 160 valence electrons. The van der Waals surface area contributed by atoms with Crippen LogP contribution in [0, 0.1) is 5.82 Å². The Bertz CT molecular complexity index is 897. The Morgan fingerprint density at radius 3 is 2.47 bits per heavy atom. The first-order valence-electron chi connectivity index (χ1n) is 9.66. The highest BCUT2D eigenvalue weighted by atomic mass is 32.1. The second kappa shape index (κ2) is 9.86. The molecule has 2 aromatic carbocycles. The summed E-state index contributed by atoms with van der Waals surface area (Å²) in [7, 11) is 1.53. The Hall–Kier alpha value is -2.71. The lowest BCUT2D eigenvalue weighted by molar-refractivity contribution is -0.118. The van der Waals surface area contributed by atoms with Crippen LogP contribution < -0.4 is 14.8 Å². The summed E-state index contributed by atoms with van der Waals surface area (Å²) in [5, 5.41) is 2.65. The number of carbonyl (C=O) groups is 1. The number of morpholine rings is 1. The van der Waals surface area contributed by atoms with Gasteiger partial charge >= 0.3 is 0 Å². The van der Waals surface area contributed by atoms with E-state index in [0.717, 1.165) is 23.6 Å². The van der Waals surface area contributed by atoms with E-state index < -0.39 is 0 Å². The molecule has 8 heteroatoms. The number of methoxy groups -OCH3 is 1. The average Bonchev–Trinajstić information content (AvgIpc) is 2.72. The van der Waals surface area contributed by atoms with Crippen LogP contribution in [0.5, 0.6) is 11.5 Å². The molecule has 2 atom stereocenters. The summed E-state index contributed by atoms with van der Waals surface area (Å²) in [5.74, 6) is 0.188. The molecule has 1 aliphatic rings. The van der Waals surface area contributed by atoms with E-state index in [1.165, 1.54) is 31.4 Å². The molecule has 0 aromatic heterocycles. The first-order chi connectivity index (χ1) is 14.4. The summed E-state index contributed by atoms with van der Waals surface area (Å²) in [4.78, 5) is 14.9. The summed E-state index contributed by atoms with van der Waals surface area (Å²) in [6.07, 6.45) is 0.214. The van der Waals surface area contributed by atoms with Gasteiger partial charge in [0.2, 0.25) is 0 Å². The third kappa shape index (κ3) is 5.67. The number of thiocarbonyl (C=S) groups is 1. The number of ether oxygens (including phenoxy) is 3. The molecule has 0 radical (unpaired) electrons. The quantitative estimate of drug-likeness (QED) is 0.704. The molecule has 0 unspecified atom stereocenters. The van der Waals surface area contributed by atoms with Crippen LogP contribution in [0.15, 0.2) is 42.5 Å². The minimum Gasteiger partial charge on any atom is -0.493 e. The van der Waals surface area contributed by atoms with Crippen molar-refractivity contribution < 1.29 is 23.4 Å². The van der Waals surface area contributed by atoms with Gasteiger partial charge in [-0.3, -0.25) is 4.79 Å². The maximum atomic E-state index is 13.0. The molecule has 1 saturated heterocycles. The Balaban J connectivity index is 1.63. The molecule has 0 spiro atoms. The van der Waals surface area contributed by atoms with Crippen LogP contribution in [0.1, 0.15) is 19.4 Å². The lowest BCUT2D eigenvalue weighted by atomic mass is 10.1. The van der Waals surface area contributed by atoms with Crippen LogP contribution in [0.2, 0.25) is 0 Å². The number of halogens is 1. The van der Waals surface area contributed by atoms with E-state index in [9.17, 15) is 9.18 Å². The van der Waals surface area contributed by atoms with Crippen molar-refractivity contribution in [1.29, 1.82) is 0 Å². The van der Waals surface area contributed by atoms with Gasteiger partial charge in [-0.25, -0.2) is 4.39 Å². The molecule has 0 aliphatic carbocycles. The number of benzene rings is 2. The predicted octanol–water partition coefficient (Wildman–Crippen LogP) is 3.64. The highest BCUT2D eigenvalue weighted by Crippen LogP contribution is 2.29. The van der Waals surface area contributed by atoms with Gasteiger partial charge in [-0.15, -0.1) is 0 Å². The molecule has 0 saturated carbocycles. The van der Waals surface area contributed by atoms with Gasteiger partial charge in [0.05, 0.1) is 19.3 Å². The molecule has 30 heavy (non-hydrogen) atoms. The zero-order valence-corrected chi connectivity index (χ0v) is 18.0. The molecule has 1 aliphatic heterocycles.